The average Bonchev–Trinajstić information content (AvgIpc) is 3.25. The molecule has 3 atom stereocenters. The van der Waals surface area contributed by atoms with Gasteiger partial charge in [0.1, 0.15) is 12.6 Å². The van der Waals surface area contributed by atoms with Crippen molar-refractivity contribution in [3.63, 3.8) is 0 Å². The van der Waals surface area contributed by atoms with Gasteiger partial charge in [0.05, 0.1) is 13.2 Å². The quantitative estimate of drug-likeness (QED) is 0.0230. The van der Waals surface area contributed by atoms with Crippen LogP contribution in [-0.4, -0.2) is 59.9 Å². The number of carboxylic acids is 1. The second-order valence-electron chi connectivity index (χ2n) is 15.9. The number of allylic oxidation sites excluding steroid dienone is 12. The maximum Gasteiger partial charge on any atom is 0.472 e. The Balaban J connectivity index is 4.42. The average molecular weight is 892 g/mol. The van der Waals surface area contributed by atoms with E-state index in [-0.39, 0.29) is 19.4 Å². The van der Waals surface area contributed by atoms with Gasteiger partial charge in [0.15, 0.2) is 6.10 Å². The van der Waals surface area contributed by atoms with Crippen molar-refractivity contribution in [1.29, 1.82) is 0 Å². The van der Waals surface area contributed by atoms with E-state index in [4.69, 9.17) is 24.8 Å². The fourth-order valence-electron chi connectivity index (χ4n) is 6.16. The van der Waals surface area contributed by atoms with E-state index in [1.165, 1.54) is 109 Å². The van der Waals surface area contributed by atoms with E-state index >= 15 is 0 Å². The highest BCUT2D eigenvalue weighted by atomic mass is 31.2. The molecular weight excluding hydrogens is 806 g/mol. The molecule has 0 fully saturated rings. The molecule has 11 nitrogen and oxygen atoms in total. The Morgan fingerprint density at radius 1 is 0.500 bits per heavy atom. The zero-order chi connectivity index (χ0) is 45.6. The predicted octanol–water partition coefficient (Wildman–Crippen LogP) is 13.3. The monoisotopic (exact) mass is 892 g/mol. The maximum absolute atomic E-state index is 12.7. The van der Waals surface area contributed by atoms with Crippen molar-refractivity contribution in [2.75, 3.05) is 19.8 Å². The summed E-state index contributed by atoms with van der Waals surface area (Å²) in [6.45, 7) is 2.70. The smallest absolute Gasteiger partial charge is 0.472 e. The fraction of sp³-hybridized carbons (Fsp3) is 0.700. The van der Waals surface area contributed by atoms with E-state index in [1.54, 1.807) is 0 Å². The Hall–Kier alpha value is -3.08. The van der Waals surface area contributed by atoms with E-state index in [2.05, 4.69) is 79.1 Å². The van der Waals surface area contributed by atoms with Gasteiger partial charge < -0.3 is 25.2 Å². The van der Waals surface area contributed by atoms with Gasteiger partial charge in [0.2, 0.25) is 0 Å². The van der Waals surface area contributed by atoms with Crippen LogP contribution in [0, 0.1) is 0 Å². The van der Waals surface area contributed by atoms with Crippen molar-refractivity contribution in [2.45, 2.75) is 206 Å². The van der Waals surface area contributed by atoms with Gasteiger partial charge in [-0.25, -0.2) is 4.57 Å². The van der Waals surface area contributed by atoms with Crippen LogP contribution < -0.4 is 5.73 Å². The fourth-order valence-corrected chi connectivity index (χ4v) is 6.94. The highest BCUT2D eigenvalue weighted by molar-refractivity contribution is 7.47. The summed E-state index contributed by atoms with van der Waals surface area (Å²) in [5.74, 6) is -2.49. The molecule has 356 valence electrons. The number of hydrogen-bond acceptors (Lipinski definition) is 9. The number of rotatable bonds is 44. The van der Waals surface area contributed by atoms with E-state index in [9.17, 15) is 23.8 Å². The van der Waals surface area contributed by atoms with E-state index in [0.717, 1.165) is 44.9 Å². The van der Waals surface area contributed by atoms with Crippen LogP contribution in [0.4, 0.5) is 0 Å². The molecule has 0 heterocycles. The molecule has 0 aliphatic carbocycles. The first-order valence-electron chi connectivity index (χ1n) is 24.0. The van der Waals surface area contributed by atoms with E-state index < -0.39 is 51.1 Å². The molecule has 0 aromatic heterocycles. The molecule has 0 radical (unpaired) electrons. The normalized spacial score (nSPS) is 14.3. The van der Waals surface area contributed by atoms with Crippen molar-refractivity contribution >= 4 is 25.7 Å². The predicted molar refractivity (Wildman–Crippen MR) is 254 cm³/mol. The first-order chi connectivity index (χ1) is 30.1. The number of carbonyl (C=O) groups is 3. The van der Waals surface area contributed by atoms with Gasteiger partial charge in [-0.05, 0) is 77.0 Å². The summed E-state index contributed by atoms with van der Waals surface area (Å²) in [4.78, 5) is 46.1. The molecule has 0 aromatic carbocycles. The molecule has 0 aliphatic heterocycles. The van der Waals surface area contributed by atoms with Crippen molar-refractivity contribution in [3.05, 3.63) is 72.9 Å². The number of phosphoric acid groups is 1. The molecule has 0 saturated heterocycles. The summed E-state index contributed by atoms with van der Waals surface area (Å²) in [6.07, 6.45) is 54.0. The molecule has 12 heteroatoms. The number of unbranched alkanes of at least 4 members (excludes halogenated alkanes) is 18. The van der Waals surface area contributed by atoms with Crippen LogP contribution in [-0.2, 0) is 37.5 Å². The van der Waals surface area contributed by atoms with E-state index in [1.807, 2.05) is 12.2 Å². The lowest BCUT2D eigenvalue weighted by molar-refractivity contribution is -0.161. The molecule has 0 amide bonds. The highest BCUT2D eigenvalue weighted by Gasteiger charge is 2.28. The lowest BCUT2D eigenvalue weighted by atomic mass is 10.1. The molecule has 0 aromatic rings. The minimum absolute atomic E-state index is 0.0953. The Bertz CT molecular complexity index is 1320. The molecule has 0 spiro atoms. The van der Waals surface area contributed by atoms with Crippen LogP contribution in [0.1, 0.15) is 194 Å². The molecular formula is C50H86NO10P. The van der Waals surface area contributed by atoms with Gasteiger partial charge in [0.25, 0.3) is 0 Å². The van der Waals surface area contributed by atoms with Crippen LogP contribution in [0.3, 0.4) is 0 Å². The van der Waals surface area contributed by atoms with Gasteiger partial charge in [-0.3, -0.25) is 23.4 Å². The molecule has 4 N–H and O–H groups in total. The Morgan fingerprint density at radius 2 is 0.887 bits per heavy atom. The van der Waals surface area contributed by atoms with Crippen LogP contribution in [0.25, 0.3) is 0 Å². The molecule has 0 aliphatic rings. The maximum atomic E-state index is 12.7. The Morgan fingerprint density at radius 3 is 1.39 bits per heavy atom. The van der Waals surface area contributed by atoms with Gasteiger partial charge in [0, 0.05) is 12.8 Å². The minimum atomic E-state index is -4.74. The number of nitrogens with two attached hydrogens (primary N) is 1. The van der Waals surface area contributed by atoms with Crippen molar-refractivity contribution in [2.24, 2.45) is 5.73 Å². The second-order valence-corrected chi connectivity index (χ2v) is 17.3. The van der Waals surface area contributed by atoms with Gasteiger partial charge in [-0.15, -0.1) is 0 Å². The number of hydrogen-bond donors (Lipinski definition) is 3. The molecule has 62 heavy (non-hydrogen) atoms. The third-order valence-corrected chi connectivity index (χ3v) is 10.9. The third kappa shape index (κ3) is 43.6. The lowest BCUT2D eigenvalue weighted by Crippen LogP contribution is -2.34. The summed E-state index contributed by atoms with van der Waals surface area (Å²) in [6, 6.07) is -1.53. The Labute approximate surface area is 376 Å². The zero-order valence-electron chi connectivity index (χ0n) is 38.7. The molecule has 0 saturated carbocycles. The number of esters is 2. The first-order valence-corrected chi connectivity index (χ1v) is 25.5. The SMILES string of the molecule is CCCCC/C=C/C/C=C/C/C=C/C/C=C/C/C=C/CCC(=O)OC[C@H](COP(=O)(O)OC[C@H](N)C(=O)O)OC(=O)CCCCCCCCCCC/C=C/CCCCCCCC. The van der Waals surface area contributed by atoms with Crippen LogP contribution in [0.2, 0.25) is 0 Å². The van der Waals surface area contributed by atoms with Crippen LogP contribution >= 0.6 is 7.82 Å². The minimum Gasteiger partial charge on any atom is -0.480 e. The van der Waals surface area contributed by atoms with Crippen LogP contribution in [0.15, 0.2) is 72.9 Å². The lowest BCUT2D eigenvalue weighted by Gasteiger charge is -2.20. The number of carboxylic acid groups (broad SMARTS) is 1. The number of carbonyl (C=O) groups excluding carboxylic acids is 2. The topological polar surface area (TPSA) is 172 Å². The van der Waals surface area contributed by atoms with E-state index in [0.29, 0.717) is 12.8 Å². The molecule has 1 unspecified atom stereocenters. The highest BCUT2D eigenvalue weighted by Crippen LogP contribution is 2.43. The van der Waals surface area contributed by atoms with Crippen LogP contribution in [0.5, 0.6) is 0 Å². The second kappa shape index (κ2) is 44.5. The first kappa shape index (κ1) is 58.9. The zero-order valence-corrected chi connectivity index (χ0v) is 39.6. The van der Waals surface area contributed by atoms with Crippen molar-refractivity contribution < 1.29 is 47.5 Å². The summed E-state index contributed by atoms with van der Waals surface area (Å²) in [5.41, 5.74) is 5.34. The van der Waals surface area contributed by atoms with Gasteiger partial charge in [-0.2, -0.15) is 0 Å². The summed E-state index contributed by atoms with van der Waals surface area (Å²) in [5, 5.41) is 8.91. The number of aliphatic carboxylic acids is 1. The molecule has 0 bridgehead atoms. The van der Waals surface area contributed by atoms with Crippen molar-refractivity contribution in [1.82, 2.24) is 0 Å². The third-order valence-electron chi connectivity index (χ3n) is 9.94. The van der Waals surface area contributed by atoms with Crippen molar-refractivity contribution in [3.8, 4) is 0 Å². The molecule has 0 rings (SSSR count). The van der Waals surface area contributed by atoms with Gasteiger partial charge >= 0.3 is 25.7 Å². The number of ether oxygens (including phenoxy) is 2. The number of phosphoric ester groups is 1. The Kier molecular flexibility index (Phi) is 42.3. The summed E-state index contributed by atoms with van der Waals surface area (Å²) >= 11 is 0. The summed E-state index contributed by atoms with van der Waals surface area (Å²) < 4.78 is 32.7. The van der Waals surface area contributed by atoms with Gasteiger partial charge in [-0.1, -0.05) is 177 Å². The standard InChI is InChI=1S/C50H86NO10P/c1-3-5-7-9-11-13-15-17-19-21-23-25-27-29-31-33-35-37-39-41-48(52)58-43-46(44-59-62(56,57)60-45-47(51)50(54)55)61-49(53)42-40-38-36-34-32-30-28-26-24-22-20-18-16-14-12-10-8-6-4-2/h11,13,17-20,23,25,29,31,35,37,46-47H,3-10,12,14-16,21-22,24,26-28,30,32-34,36,38-45,51H2,1-2H3,(H,54,55)(H,56,57)/b13-11+,19-17+,20-18+,25-23+,31-29+,37-35+/t46-,47+/m1/s1. The largest absolute Gasteiger partial charge is 0.480 e. The summed E-state index contributed by atoms with van der Waals surface area (Å²) in [7, 11) is -4.74.